The fourth-order valence-electron chi connectivity index (χ4n) is 1.41. The minimum absolute atomic E-state index is 0.0863. The van der Waals surface area contributed by atoms with E-state index in [1.165, 1.54) is 18.4 Å². The number of hydrogen-bond donors (Lipinski definition) is 2. The van der Waals surface area contributed by atoms with Crippen LogP contribution in [-0.4, -0.2) is 44.8 Å². The van der Waals surface area contributed by atoms with Crippen LogP contribution in [0.15, 0.2) is 11.4 Å². The fourth-order valence-corrected chi connectivity index (χ4v) is 1.41. The van der Waals surface area contributed by atoms with Crippen molar-refractivity contribution in [2.24, 2.45) is 5.10 Å². The summed E-state index contributed by atoms with van der Waals surface area (Å²) in [6.07, 6.45) is 2.04. The molecule has 0 spiro atoms. The number of rotatable bonds is 3. The quantitative estimate of drug-likeness (QED) is 0.704. The Morgan fingerprint density at radius 2 is 2.41 bits per heavy atom. The fraction of sp³-hybridized carbons (Fsp3) is 0.444. The first-order chi connectivity index (χ1) is 8.16. The molecule has 0 aliphatic carbocycles. The number of carbonyl (C=O) groups is 2. The highest BCUT2D eigenvalue weighted by molar-refractivity contribution is 6.39. The minimum Gasteiger partial charge on any atom is -0.344 e. The van der Waals surface area contributed by atoms with Crippen molar-refractivity contribution in [3.8, 4) is 0 Å². The van der Waals surface area contributed by atoms with Crippen LogP contribution in [0, 0.1) is 0 Å². The predicted octanol–water partition coefficient (Wildman–Crippen LogP) is -0.971. The monoisotopic (exact) mass is 236 g/mol. The van der Waals surface area contributed by atoms with Gasteiger partial charge in [-0.05, 0) is 0 Å². The molecular weight excluding hydrogens is 224 g/mol. The zero-order chi connectivity index (χ0) is 12.3. The van der Waals surface area contributed by atoms with Crippen LogP contribution in [0.1, 0.15) is 18.7 Å². The number of amides is 2. The van der Waals surface area contributed by atoms with Crippen molar-refractivity contribution < 1.29 is 9.59 Å². The molecule has 0 aromatic carbocycles. The first-order valence-electron chi connectivity index (χ1n) is 5.13. The summed E-state index contributed by atoms with van der Waals surface area (Å²) < 4.78 is 0. The van der Waals surface area contributed by atoms with E-state index in [-0.39, 0.29) is 18.4 Å². The molecule has 0 fully saturated rings. The number of carbonyl (C=O) groups excluding carboxylic acids is 2. The van der Waals surface area contributed by atoms with Crippen LogP contribution in [0.25, 0.3) is 0 Å². The highest BCUT2D eigenvalue weighted by Gasteiger charge is 2.21. The minimum atomic E-state index is -0.291. The van der Waals surface area contributed by atoms with Gasteiger partial charge in [-0.25, -0.2) is 9.99 Å². The van der Waals surface area contributed by atoms with E-state index in [4.69, 9.17) is 0 Å². The average molecular weight is 236 g/mol. The van der Waals surface area contributed by atoms with E-state index in [1.807, 2.05) is 0 Å². The third-order valence-electron chi connectivity index (χ3n) is 2.35. The van der Waals surface area contributed by atoms with E-state index in [1.54, 1.807) is 0 Å². The Balaban J connectivity index is 1.92. The lowest BCUT2D eigenvalue weighted by atomic mass is 10.1. The summed E-state index contributed by atoms with van der Waals surface area (Å²) >= 11 is 0. The summed E-state index contributed by atoms with van der Waals surface area (Å²) in [5.74, 6) is 0.191. The number of aromatic amines is 1. The van der Waals surface area contributed by atoms with Gasteiger partial charge >= 0.3 is 0 Å². The highest BCUT2D eigenvalue weighted by atomic mass is 16.2. The molecule has 1 aromatic rings. The van der Waals surface area contributed by atoms with Crippen LogP contribution in [0.4, 0.5) is 0 Å². The predicted molar refractivity (Wildman–Crippen MR) is 57.7 cm³/mol. The Morgan fingerprint density at radius 3 is 3.06 bits per heavy atom. The van der Waals surface area contributed by atoms with Gasteiger partial charge in [-0.15, -0.1) is 0 Å². The summed E-state index contributed by atoms with van der Waals surface area (Å²) in [6, 6.07) is 0. The molecule has 2 amide bonds. The Kier molecular flexibility index (Phi) is 3.12. The summed E-state index contributed by atoms with van der Waals surface area (Å²) in [6.45, 7) is 0.259. The number of aromatic nitrogens is 3. The van der Waals surface area contributed by atoms with Crippen molar-refractivity contribution in [1.29, 1.82) is 0 Å². The van der Waals surface area contributed by atoms with Gasteiger partial charge in [0.25, 0.3) is 5.91 Å². The van der Waals surface area contributed by atoms with Gasteiger partial charge < -0.3 is 5.32 Å². The maximum absolute atomic E-state index is 11.7. The van der Waals surface area contributed by atoms with Gasteiger partial charge in [0.1, 0.15) is 17.9 Å². The molecule has 0 bridgehead atoms. The highest BCUT2D eigenvalue weighted by Crippen LogP contribution is 2.06. The summed E-state index contributed by atoms with van der Waals surface area (Å²) in [5.41, 5.74) is 0.353. The van der Waals surface area contributed by atoms with Crippen molar-refractivity contribution in [3.63, 3.8) is 0 Å². The van der Waals surface area contributed by atoms with Crippen molar-refractivity contribution in [2.45, 2.75) is 19.4 Å². The Hall–Kier alpha value is -2.25. The van der Waals surface area contributed by atoms with Gasteiger partial charge in [-0.1, -0.05) is 0 Å². The second-order valence-corrected chi connectivity index (χ2v) is 3.58. The number of nitrogens with zero attached hydrogens (tertiary/aromatic N) is 4. The van der Waals surface area contributed by atoms with E-state index >= 15 is 0 Å². The summed E-state index contributed by atoms with van der Waals surface area (Å²) in [4.78, 5) is 26.7. The molecular formula is C9H12N6O2. The molecule has 0 atom stereocenters. The molecule has 0 saturated carbocycles. The second-order valence-electron chi connectivity index (χ2n) is 3.58. The largest absolute Gasteiger partial charge is 0.344 e. The second kappa shape index (κ2) is 4.73. The van der Waals surface area contributed by atoms with Gasteiger partial charge in [0.2, 0.25) is 5.91 Å². The third kappa shape index (κ3) is 2.65. The normalized spacial score (nSPS) is 15.7. The first kappa shape index (κ1) is 11.2. The molecule has 2 rings (SSSR count). The lowest BCUT2D eigenvalue weighted by Crippen LogP contribution is -2.37. The zero-order valence-corrected chi connectivity index (χ0v) is 9.30. The molecule has 2 N–H and O–H groups in total. The molecule has 8 nitrogen and oxygen atoms in total. The van der Waals surface area contributed by atoms with E-state index in [0.717, 1.165) is 0 Å². The molecule has 8 heteroatoms. The lowest BCUT2D eigenvalue weighted by molar-refractivity contribution is -0.130. The van der Waals surface area contributed by atoms with E-state index in [0.29, 0.717) is 24.4 Å². The standard InChI is InChI=1S/C9H12N6O2/c1-15-8(16)3-2-6(14-15)9(17)10-4-7-11-5-12-13-7/h5H,2-4H2,1H3,(H,10,17)(H,11,12,13). The molecule has 17 heavy (non-hydrogen) atoms. The number of nitrogens with one attached hydrogen (secondary N) is 2. The van der Waals surface area contributed by atoms with Crippen molar-refractivity contribution in [2.75, 3.05) is 7.05 Å². The van der Waals surface area contributed by atoms with Crippen LogP contribution in [-0.2, 0) is 16.1 Å². The first-order valence-corrected chi connectivity index (χ1v) is 5.13. The van der Waals surface area contributed by atoms with Crippen LogP contribution in [0.3, 0.4) is 0 Å². The molecule has 0 unspecified atom stereocenters. The lowest BCUT2D eigenvalue weighted by Gasteiger charge is -2.18. The van der Waals surface area contributed by atoms with E-state index in [9.17, 15) is 9.59 Å². The zero-order valence-electron chi connectivity index (χ0n) is 9.30. The van der Waals surface area contributed by atoms with Crippen LogP contribution in [0.5, 0.6) is 0 Å². The molecule has 0 radical (unpaired) electrons. The van der Waals surface area contributed by atoms with Gasteiger partial charge in [-0.3, -0.25) is 14.7 Å². The van der Waals surface area contributed by atoms with E-state index < -0.39 is 0 Å². The van der Waals surface area contributed by atoms with Crippen molar-refractivity contribution >= 4 is 17.5 Å². The van der Waals surface area contributed by atoms with Crippen molar-refractivity contribution in [3.05, 3.63) is 12.2 Å². The van der Waals surface area contributed by atoms with Crippen molar-refractivity contribution in [1.82, 2.24) is 25.5 Å². The van der Waals surface area contributed by atoms with Gasteiger partial charge in [0.05, 0.1) is 6.54 Å². The summed E-state index contributed by atoms with van der Waals surface area (Å²) in [5, 5.41) is 14.0. The van der Waals surface area contributed by atoms with Crippen LogP contribution < -0.4 is 5.32 Å². The molecule has 1 aliphatic heterocycles. The smallest absolute Gasteiger partial charge is 0.267 e. The molecule has 1 aliphatic rings. The van der Waals surface area contributed by atoms with Gasteiger partial charge in [0.15, 0.2) is 0 Å². The topological polar surface area (TPSA) is 103 Å². The molecule has 1 aromatic heterocycles. The average Bonchev–Trinajstić information content (AvgIpc) is 2.82. The van der Waals surface area contributed by atoms with Gasteiger partial charge in [0, 0.05) is 19.9 Å². The SMILES string of the molecule is CN1N=C(C(=O)NCc2ncn[nH]2)CCC1=O. The maximum atomic E-state index is 11.7. The number of hydrogen-bond acceptors (Lipinski definition) is 5. The third-order valence-corrected chi connectivity index (χ3v) is 2.35. The number of H-pyrrole nitrogens is 1. The Labute approximate surface area is 97.1 Å². The summed E-state index contributed by atoms with van der Waals surface area (Å²) in [7, 11) is 1.53. The molecule has 2 heterocycles. The molecule has 90 valence electrons. The maximum Gasteiger partial charge on any atom is 0.267 e. The van der Waals surface area contributed by atoms with E-state index in [2.05, 4.69) is 25.6 Å². The Bertz CT molecular complexity index is 452. The van der Waals surface area contributed by atoms with Crippen LogP contribution in [0.2, 0.25) is 0 Å². The Morgan fingerprint density at radius 1 is 1.59 bits per heavy atom. The molecule has 0 saturated heterocycles. The number of hydrazone groups is 1. The van der Waals surface area contributed by atoms with Gasteiger partial charge in [-0.2, -0.15) is 10.2 Å². The van der Waals surface area contributed by atoms with Crippen LogP contribution >= 0.6 is 0 Å².